The lowest BCUT2D eigenvalue weighted by Gasteiger charge is -2.30. The lowest BCUT2D eigenvalue weighted by molar-refractivity contribution is -0.126. The van der Waals surface area contributed by atoms with Crippen LogP contribution in [0, 0.1) is 12.8 Å². The van der Waals surface area contributed by atoms with Crippen LogP contribution in [0.3, 0.4) is 0 Å². The molecule has 0 aromatic heterocycles. The number of hydrogen-bond donors (Lipinski definition) is 1. The number of ether oxygens (including phenoxy) is 2. The second-order valence-corrected chi connectivity index (χ2v) is 9.57. The maximum absolute atomic E-state index is 12.8. The number of nitrogens with one attached hydrogen (secondary N) is 1. The maximum Gasteiger partial charge on any atom is 0.243 e. The predicted octanol–water partition coefficient (Wildman–Crippen LogP) is 3.12. The lowest BCUT2D eigenvalue weighted by Crippen LogP contribution is -2.42. The number of sulfonamides is 1. The fourth-order valence-electron chi connectivity index (χ4n) is 3.65. The number of piperidine rings is 1. The summed E-state index contributed by atoms with van der Waals surface area (Å²) < 4.78 is 38.0. The molecule has 1 amide bonds. The van der Waals surface area contributed by atoms with Crippen LogP contribution >= 0.6 is 0 Å². The van der Waals surface area contributed by atoms with Gasteiger partial charge < -0.3 is 14.8 Å². The van der Waals surface area contributed by atoms with Gasteiger partial charge in [-0.05, 0) is 56.5 Å². The van der Waals surface area contributed by atoms with Gasteiger partial charge in [0.25, 0.3) is 0 Å². The maximum atomic E-state index is 12.8. The second-order valence-electron chi connectivity index (χ2n) is 7.63. The van der Waals surface area contributed by atoms with Gasteiger partial charge in [-0.2, -0.15) is 4.31 Å². The minimum atomic E-state index is -3.52. The Balaban J connectivity index is 1.55. The monoisotopic (exact) mass is 446 g/mol. The molecule has 0 bridgehead atoms. The Kier molecular flexibility index (Phi) is 7.56. The van der Waals surface area contributed by atoms with E-state index in [0.717, 1.165) is 11.1 Å². The van der Waals surface area contributed by atoms with E-state index in [1.165, 1.54) is 4.31 Å². The van der Waals surface area contributed by atoms with Crippen LogP contribution in [0.15, 0.2) is 47.4 Å². The Labute approximate surface area is 184 Å². The van der Waals surface area contributed by atoms with E-state index in [1.807, 2.05) is 32.0 Å². The van der Waals surface area contributed by atoms with Crippen molar-refractivity contribution in [3.05, 3.63) is 53.6 Å². The van der Waals surface area contributed by atoms with Gasteiger partial charge in [-0.1, -0.05) is 23.8 Å². The minimum Gasteiger partial charge on any atom is -0.493 e. The molecular weight excluding hydrogens is 416 g/mol. The summed E-state index contributed by atoms with van der Waals surface area (Å²) in [6.07, 6.45) is 1.01. The summed E-state index contributed by atoms with van der Waals surface area (Å²) >= 11 is 0. The third-order valence-electron chi connectivity index (χ3n) is 5.48. The molecule has 0 aliphatic carbocycles. The highest BCUT2D eigenvalue weighted by Gasteiger charge is 2.32. The van der Waals surface area contributed by atoms with Gasteiger partial charge in [0, 0.05) is 25.6 Å². The first-order valence-electron chi connectivity index (χ1n) is 10.5. The van der Waals surface area contributed by atoms with E-state index in [4.69, 9.17) is 9.47 Å². The van der Waals surface area contributed by atoms with Crippen molar-refractivity contribution in [3.8, 4) is 11.5 Å². The first-order chi connectivity index (χ1) is 14.8. The first kappa shape index (κ1) is 23.1. The quantitative estimate of drug-likeness (QED) is 0.674. The smallest absolute Gasteiger partial charge is 0.243 e. The van der Waals surface area contributed by atoms with Gasteiger partial charge in [0.1, 0.15) is 0 Å². The number of carbonyl (C=O) groups excluding carboxylic acids is 1. The fourth-order valence-corrected chi connectivity index (χ4v) is 5.12. The van der Waals surface area contributed by atoms with Gasteiger partial charge in [-0.3, -0.25) is 4.79 Å². The minimum absolute atomic E-state index is 0.0545. The van der Waals surface area contributed by atoms with Crippen molar-refractivity contribution in [2.45, 2.75) is 38.1 Å². The summed E-state index contributed by atoms with van der Waals surface area (Å²) in [7, 11) is -1.94. The topological polar surface area (TPSA) is 84.9 Å². The fraction of sp³-hybridized carbons (Fsp3) is 0.435. The largest absolute Gasteiger partial charge is 0.493 e. The molecule has 0 saturated carbocycles. The van der Waals surface area contributed by atoms with E-state index in [-0.39, 0.29) is 11.8 Å². The van der Waals surface area contributed by atoms with Gasteiger partial charge in [0.05, 0.1) is 18.6 Å². The molecule has 2 aromatic carbocycles. The Hall–Kier alpha value is -2.58. The first-order valence-corrected chi connectivity index (χ1v) is 11.9. The van der Waals surface area contributed by atoms with Gasteiger partial charge >= 0.3 is 0 Å². The number of amides is 1. The highest BCUT2D eigenvalue weighted by Crippen LogP contribution is 2.28. The summed E-state index contributed by atoms with van der Waals surface area (Å²) in [5.41, 5.74) is 1.93. The molecular formula is C23H30N2O5S. The van der Waals surface area contributed by atoms with Crippen LogP contribution < -0.4 is 14.8 Å². The number of aryl methyl sites for hydroxylation is 1. The Morgan fingerprint density at radius 2 is 1.77 bits per heavy atom. The van der Waals surface area contributed by atoms with Crippen molar-refractivity contribution in [3.63, 3.8) is 0 Å². The number of rotatable bonds is 8. The number of carbonyl (C=O) groups is 1. The Bertz CT molecular complexity index is 997. The normalized spacial score (nSPS) is 15.5. The third kappa shape index (κ3) is 5.57. The van der Waals surface area contributed by atoms with Crippen LogP contribution in [-0.2, 0) is 21.4 Å². The van der Waals surface area contributed by atoms with E-state index in [9.17, 15) is 13.2 Å². The molecule has 1 heterocycles. The number of nitrogens with zero attached hydrogens (tertiary/aromatic N) is 1. The van der Waals surface area contributed by atoms with Crippen molar-refractivity contribution in [1.82, 2.24) is 9.62 Å². The van der Waals surface area contributed by atoms with Crippen molar-refractivity contribution < 1.29 is 22.7 Å². The van der Waals surface area contributed by atoms with Gasteiger partial charge in [-0.15, -0.1) is 0 Å². The summed E-state index contributed by atoms with van der Waals surface area (Å²) in [6.45, 7) is 5.40. The van der Waals surface area contributed by atoms with Crippen LogP contribution in [0.25, 0.3) is 0 Å². The molecule has 0 spiro atoms. The van der Waals surface area contributed by atoms with Gasteiger partial charge in [0.15, 0.2) is 11.5 Å². The standard InChI is InChI=1S/C23H30N2O5S/c1-4-30-22-15-18(7-10-21(22)29-3)16-24-23(26)19-11-13-25(14-12-19)31(27,28)20-8-5-17(2)6-9-20/h5-10,15,19H,4,11-14,16H2,1-3H3,(H,24,26). The molecule has 31 heavy (non-hydrogen) atoms. The predicted molar refractivity (Wildman–Crippen MR) is 119 cm³/mol. The van der Waals surface area contributed by atoms with E-state index < -0.39 is 10.0 Å². The Morgan fingerprint density at radius 3 is 2.39 bits per heavy atom. The number of methoxy groups -OCH3 is 1. The highest BCUT2D eigenvalue weighted by molar-refractivity contribution is 7.89. The number of hydrogen-bond acceptors (Lipinski definition) is 5. The molecule has 168 valence electrons. The molecule has 1 saturated heterocycles. The van der Waals surface area contributed by atoms with Crippen molar-refractivity contribution >= 4 is 15.9 Å². The van der Waals surface area contributed by atoms with E-state index in [1.54, 1.807) is 31.4 Å². The van der Waals surface area contributed by atoms with E-state index in [0.29, 0.717) is 55.5 Å². The summed E-state index contributed by atoms with van der Waals surface area (Å²) in [6, 6.07) is 12.4. The molecule has 8 heteroatoms. The van der Waals surface area contributed by atoms with Crippen LogP contribution in [0.5, 0.6) is 11.5 Å². The second kappa shape index (κ2) is 10.2. The van der Waals surface area contributed by atoms with Gasteiger partial charge in [-0.25, -0.2) is 8.42 Å². The van der Waals surface area contributed by atoms with E-state index in [2.05, 4.69) is 5.32 Å². The molecule has 0 atom stereocenters. The van der Waals surface area contributed by atoms with Crippen LogP contribution in [0.1, 0.15) is 30.9 Å². The average molecular weight is 447 g/mol. The van der Waals surface area contributed by atoms with Crippen LogP contribution in [0.2, 0.25) is 0 Å². The van der Waals surface area contributed by atoms with E-state index >= 15 is 0 Å². The zero-order valence-electron chi connectivity index (χ0n) is 18.3. The Morgan fingerprint density at radius 1 is 1.10 bits per heavy atom. The summed E-state index contributed by atoms with van der Waals surface area (Å²) in [4.78, 5) is 12.9. The molecule has 1 fully saturated rings. The lowest BCUT2D eigenvalue weighted by atomic mass is 9.97. The number of benzene rings is 2. The zero-order valence-corrected chi connectivity index (χ0v) is 19.1. The molecule has 1 aliphatic rings. The van der Waals surface area contributed by atoms with Gasteiger partial charge in [0.2, 0.25) is 15.9 Å². The highest BCUT2D eigenvalue weighted by atomic mass is 32.2. The molecule has 3 rings (SSSR count). The van der Waals surface area contributed by atoms with Crippen molar-refractivity contribution in [2.24, 2.45) is 5.92 Å². The molecule has 1 aliphatic heterocycles. The van der Waals surface area contributed by atoms with Crippen molar-refractivity contribution in [2.75, 3.05) is 26.8 Å². The zero-order chi connectivity index (χ0) is 22.4. The molecule has 0 unspecified atom stereocenters. The molecule has 7 nitrogen and oxygen atoms in total. The van der Waals surface area contributed by atoms with Crippen LogP contribution in [0.4, 0.5) is 0 Å². The SMILES string of the molecule is CCOc1cc(CNC(=O)C2CCN(S(=O)(=O)c3ccc(C)cc3)CC2)ccc1OC. The third-order valence-corrected chi connectivity index (χ3v) is 7.39. The summed E-state index contributed by atoms with van der Waals surface area (Å²) in [5, 5.41) is 2.96. The molecule has 1 N–H and O–H groups in total. The molecule has 2 aromatic rings. The van der Waals surface area contributed by atoms with Crippen molar-refractivity contribution in [1.29, 1.82) is 0 Å². The summed E-state index contributed by atoms with van der Waals surface area (Å²) in [5.74, 6) is 1.04. The average Bonchev–Trinajstić information content (AvgIpc) is 2.78. The van der Waals surface area contributed by atoms with Crippen LogP contribution in [-0.4, -0.2) is 45.4 Å². The molecule has 0 radical (unpaired) electrons.